The van der Waals surface area contributed by atoms with Crippen LogP contribution >= 0.6 is 0 Å². The van der Waals surface area contributed by atoms with Crippen LogP contribution in [0, 0.1) is 5.92 Å². The van der Waals surface area contributed by atoms with Gasteiger partial charge in [0.2, 0.25) is 0 Å². The molecule has 0 aliphatic heterocycles. The first-order valence-electron chi connectivity index (χ1n) is 5.36. The minimum absolute atomic E-state index is 0.150. The summed E-state index contributed by atoms with van der Waals surface area (Å²) >= 11 is 0. The summed E-state index contributed by atoms with van der Waals surface area (Å²) in [5.74, 6) is 1.96. The number of imidazole rings is 1. The Morgan fingerprint density at radius 3 is 2.93 bits per heavy atom. The van der Waals surface area contributed by atoms with Gasteiger partial charge in [-0.05, 0) is 25.2 Å². The van der Waals surface area contributed by atoms with Crippen LogP contribution in [0.3, 0.4) is 0 Å². The molecule has 1 aromatic rings. The van der Waals surface area contributed by atoms with E-state index >= 15 is 0 Å². The molecule has 0 saturated heterocycles. The maximum atomic E-state index is 5.94. The van der Waals surface area contributed by atoms with Crippen molar-refractivity contribution in [1.29, 1.82) is 0 Å². The van der Waals surface area contributed by atoms with Crippen molar-refractivity contribution >= 4 is 0 Å². The predicted molar refractivity (Wildman–Crippen MR) is 57.0 cm³/mol. The van der Waals surface area contributed by atoms with Crippen LogP contribution in [0.2, 0.25) is 0 Å². The van der Waals surface area contributed by atoms with E-state index in [1.807, 2.05) is 12.4 Å². The summed E-state index contributed by atoms with van der Waals surface area (Å²) in [7, 11) is 2.06. The van der Waals surface area contributed by atoms with Crippen LogP contribution < -0.4 is 5.73 Å². The van der Waals surface area contributed by atoms with Crippen molar-refractivity contribution < 1.29 is 0 Å². The van der Waals surface area contributed by atoms with Gasteiger partial charge in [0.05, 0.1) is 0 Å². The van der Waals surface area contributed by atoms with Gasteiger partial charge in [0, 0.05) is 31.4 Å². The number of nitrogens with two attached hydrogens (primary N) is 1. The summed E-state index contributed by atoms with van der Waals surface area (Å²) in [4.78, 5) is 4.46. The molecule has 1 aliphatic carbocycles. The Labute approximate surface area is 85.3 Å². The Morgan fingerprint density at radius 2 is 2.50 bits per heavy atom. The van der Waals surface area contributed by atoms with Gasteiger partial charge in [-0.1, -0.05) is 6.92 Å². The van der Waals surface area contributed by atoms with E-state index in [0.29, 0.717) is 0 Å². The lowest BCUT2D eigenvalue weighted by Gasteiger charge is -2.26. The van der Waals surface area contributed by atoms with E-state index in [1.54, 1.807) is 0 Å². The van der Waals surface area contributed by atoms with Gasteiger partial charge in [0.25, 0.3) is 0 Å². The number of hydrogen-bond acceptors (Lipinski definition) is 2. The van der Waals surface area contributed by atoms with Crippen molar-refractivity contribution in [3.05, 3.63) is 18.2 Å². The number of nitrogens with zero attached hydrogens (tertiary/aromatic N) is 2. The maximum Gasteiger partial charge on any atom is 0.115 e. The monoisotopic (exact) mass is 193 g/mol. The van der Waals surface area contributed by atoms with Gasteiger partial charge in [-0.3, -0.25) is 0 Å². The average molecular weight is 193 g/mol. The van der Waals surface area contributed by atoms with Crippen molar-refractivity contribution in [2.24, 2.45) is 18.7 Å². The highest BCUT2D eigenvalue weighted by Gasteiger charge is 2.40. The van der Waals surface area contributed by atoms with E-state index in [2.05, 4.69) is 23.5 Å². The quantitative estimate of drug-likeness (QED) is 0.772. The molecule has 1 heterocycles. The van der Waals surface area contributed by atoms with Crippen molar-refractivity contribution in [3.63, 3.8) is 0 Å². The van der Waals surface area contributed by atoms with Crippen LogP contribution in [-0.4, -0.2) is 16.1 Å². The van der Waals surface area contributed by atoms with Crippen molar-refractivity contribution in [2.45, 2.75) is 31.6 Å². The van der Waals surface area contributed by atoms with Crippen LogP contribution in [-0.2, 0) is 12.5 Å². The summed E-state index contributed by atoms with van der Waals surface area (Å²) in [5, 5.41) is 0. The molecule has 0 radical (unpaired) electrons. The van der Waals surface area contributed by atoms with Gasteiger partial charge >= 0.3 is 0 Å². The van der Waals surface area contributed by atoms with Gasteiger partial charge in [-0.15, -0.1) is 0 Å². The summed E-state index contributed by atoms with van der Waals surface area (Å²) in [6.45, 7) is 3.03. The van der Waals surface area contributed by atoms with Crippen LogP contribution in [0.1, 0.15) is 32.0 Å². The standard InChI is InChI=1S/C11H19N3/c1-9-3-4-11(7-9,8-12)10-13-5-6-14(10)2/h5-6,9H,3-4,7-8,12H2,1-2H3. The third-order valence-electron chi connectivity index (χ3n) is 3.54. The summed E-state index contributed by atoms with van der Waals surface area (Å²) in [6.07, 6.45) is 7.54. The van der Waals surface area contributed by atoms with Crippen molar-refractivity contribution in [1.82, 2.24) is 9.55 Å². The predicted octanol–water partition coefficient (Wildman–Crippen LogP) is 1.44. The smallest absolute Gasteiger partial charge is 0.115 e. The second-order valence-electron chi connectivity index (χ2n) is 4.69. The molecule has 0 aromatic carbocycles. The maximum absolute atomic E-state index is 5.94. The van der Waals surface area contributed by atoms with Gasteiger partial charge in [-0.2, -0.15) is 0 Å². The fourth-order valence-corrected chi connectivity index (χ4v) is 2.75. The largest absolute Gasteiger partial charge is 0.338 e. The minimum atomic E-state index is 0.150. The first kappa shape index (κ1) is 9.71. The molecule has 1 aromatic heterocycles. The highest BCUT2D eigenvalue weighted by molar-refractivity contribution is 5.14. The molecule has 3 nitrogen and oxygen atoms in total. The Morgan fingerprint density at radius 1 is 1.71 bits per heavy atom. The Balaban J connectivity index is 2.34. The molecule has 78 valence electrons. The molecule has 0 amide bonds. The highest BCUT2D eigenvalue weighted by Crippen LogP contribution is 2.42. The number of aryl methyl sites for hydroxylation is 1. The zero-order chi connectivity index (χ0) is 10.2. The Hall–Kier alpha value is -0.830. The normalized spacial score (nSPS) is 32.4. The van der Waals surface area contributed by atoms with E-state index < -0.39 is 0 Å². The van der Waals surface area contributed by atoms with Gasteiger partial charge in [-0.25, -0.2) is 4.98 Å². The minimum Gasteiger partial charge on any atom is -0.338 e. The molecule has 2 rings (SSSR count). The molecule has 0 bridgehead atoms. The molecule has 2 N–H and O–H groups in total. The molecule has 1 saturated carbocycles. The SMILES string of the molecule is CC1CCC(CN)(c2nccn2C)C1. The topological polar surface area (TPSA) is 43.8 Å². The van der Waals surface area contributed by atoms with E-state index in [9.17, 15) is 0 Å². The molecule has 2 atom stereocenters. The lowest BCUT2D eigenvalue weighted by molar-refractivity contribution is 0.397. The van der Waals surface area contributed by atoms with Crippen LogP contribution in [0.25, 0.3) is 0 Å². The number of aromatic nitrogens is 2. The fourth-order valence-electron chi connectivity index (χ4n) is 2.75. The van der Waals surface area contributed by atoms with E-state index in [1.165, 1.54) is 25.1 Å². The zero-order valence-electron chi connectivity index (χ0n) is 9.03. The third-order valence-corrected chi connectivity index (χ3v) is 3.54. The molecule has 1 fully saturated rings. The zero-order valence-corrected chi connectivity index (χ0v) is 9.03. The van der Waals surface area contributed by atoms with Crippen LogP contribution in [0.4, 0.5) is 0 Å². The second-order valence-corrected chi connectivity index (χ2v) is 4.69. The number of rotatable bonds is 2. The molecular weight excluding hydrogens is 174 g/mol. The molecule has 1 aliphatic rings. The lowest BCUT2D eigenvalue weighted by atomic mass is 9.84. The van der Waals surface area contributed by atoms with Gasteiger partial charge in [0.15, 0.2) is 0 Å². The first-order chi connectivity index (χ1) is 6.68. The molecule has 3 heteroatoms. The average Bonchev–Trinajstić information content (AvgIpc) is 2.73. The lowest BCUT2D eigenvalue weighted by Crippen LogP contribution is -2.35. The molecule has 2 unspecified atom stereocenters. The fraction of sp³-hybridized carbons (Fsp3) is 0.727. The summed E-state index contributed by atoms with van der Waals surface area (Å²) < 4.78 is 2.12. The molecule has 14 heavy (non-hydrogen) atoms. The van der Waals surface area contributed by atoms with Gasteiger partial charge < -0.3 is 10.3 Å². The third kappa shape index (κ3) is 1.36. The number of hydrogen-bond donors (Lipinski definition) is 1. The highest BCUT2D eigenvalue weighted by atomic mass is 15.1. The van der Waals surface area contributed by atoms with Crippen LogP contribution in [0.15, 0.2) is 12.4 Å². The first-order valence-corrected chi connectivity index (χ1v) is 5.36. The van der Waals surface area contributed by atoms with E-state index in [-0.39, 0.29) is 5.41 Å². The second kappa shape index (κ2) is 3.39. The molecule has 0 spiro atoms. The van der Waals surface area contributed by atoms with E-state index in [0.717, 1.165) is 12.5 Å². The van der Waals surface area contributed by atoms with E-state index in [4.69, 9.17) is 5.73 Å². The van der Waals surface area contributed by atoms with Crippen molar-refractivity contribution in [2.75, 3.05) is 6.54 Å². The Bertz CT molecular complexity index is 318. The summed E-state index contributed by atoms with van der Waals surface area (Å²) in [6, 6.07) is 0. The molecular formula is C11H19N3. The Kier molecular flexibility index (Phi) is 2.35. The van der Waals surface area contributed by atoms with Crippen molar-refractivity contribution in [3.8, 4) is 0 Å². The van der Waals surface area contributed by atoms with Gasteiger partial charge in [0.1, 0.15) is 5.82 Å². The summed E-state index contributed by atoms with van der Waals surface area (Å²) in [5.41, 5.74) is 6.09. The van der Waals surface area contributed by atoms with Crippen LogP contribution in [0.5, 0.6) is 0 Å².